The number of esters is 1. The molecule has 0 fully saturated rings. The van der Waals surface area contributed by atoms with Gasteiger partial charge in [0, 0.05) is 6.04 Å². The van der Waals surface area contributed by atoms with E-state index in [2.05, 4.69) is 30.3 Å². The van der Waals surface area contributed by atoms with Gasteiger partial charge in [-0.1, -0.05) is 49.4 Å². The molecule has 0 saturated carbocycles. The van der Waals surface area contributed by atoms with Crippen molar-refractivity contribution in [1.82, 2.24) is 0 Å². The van der Waals surface area contributed by atoms with Crippen molar-refractivity contribution in [2.45, 2.75) is 25.8 Å². The maximum atomic E-state index is 11.4. The van der Waals surface area contributed by atoms with E-state index in [-0.39, 0.29) is 30.3 Å². The molecule has 2 aromatic carbocycles. The molecule has 0 saturated heterocycles. The molecule has 2 atom stereocenters. The summed E-state index contributed by atoms with van der Waals surface area (Å²) in [6.07, 6.45) is 1.41. The van der Waals surface area contributed by atoms with Crippen LogP contribution in [0.25, 0.3) is 10.8 Å². The van der Waals surface area contributed by atoms with Gasteiger partial charge in [-0.05, 0) is 29.2 Å². The Kier molecular flexibility index (Phi) is 6.66. The van der Waals surface area contributed by atoms with Crippen LogP contribution in [0, 0.1) is 5.92 Å². The van der Waals surface area contributed by atoms with Gasteiger partial charge < -0.3 is 10.5 Å². The number of benzene rings is 2. The molecule has 2 rings (SSSR count). The number of hydrogen-bond acceptors (Lipinski definition) is 3. The quantitative estimate of drug-likeness (QED) is 0.862. The molecule has 2 aromatic rings. The molecule has 2 N–H and O–H groups in total. The first-order valence-electron chi connectivity index (χ1n) is 6.91. The highest BCUT2D eigenvalue weighted by molar-refractivity contribution is 5.85. The standard InChI is InChI=1S/C17H21NO2.ClH/c1-12(17(19)20-2)9-16(18)11-13-7-8-14-5-3-4-6-15(14)10-13;/h3-8,10,12,16H,9,11,18H2,1-2H3;1H. The summed E-state index contributed by atoms with van der Waals surface area (Å²) in [6, 6.07) is 14.6. The minimum Gasteiger partial charge on any atom is -0.469 e. The van der Waals surface area contributed by atoms with Crippen molar-refractivity contribution in [3.05, 3.63) is 48.0 Å². The number of methoxy groups -OCH3 is 1. The average Bonchev–Trinajstić information content (AvgIpc) is 2.46. The first-order chi connectivity index (χ1) is 9.60. The van der Waals surface area contributed by atoms with E-state index >= 15 is 0 Å². The number of halogens is 1. The number of carbonyl (C=O) groups is 1. The molecule has 0 aliphatic rings. The average molecular weight is 308 g/mol. The summed E-state index contributed by atoms with van der Waals surface area (Å²) in [7, 11) is 1.41. The molecule has 0 radical (unpaired) electrons. The van der Waals surface area contributed by atoms with Gasteiger partial charge in [0.1, 0.15) is 0 Å². The van der Waals surface area contributed by atoms with Crippen LogP contribution in [-0.2, 0) is 16.0 Å². The predicted molar refractivity (Wildman–Crippen MR) is 88.7 cm³/mol. The second-order valence-electron chi connectivity index (χ2n) is 5.31. The number of carbonyl (C=O) groups excluding carboxylic acids is 1. The summed E-state index contributed by atoms with van der Waals surface area (Å²) in [5.74, 6) is -0.352. The summed E-state index contributed by atoms with van der Waals surface area (Å²) in [4.78, 5) is 11.4. The molecule has 21 heavy (non-hydrogen) atoms. The smallest absolute Gasteiger partial charge is 0.308 e. The highest BCUT2D eigenvalue weighted by atomic mass is 35.5. The molecule has 0 bridgehead atoms. The van der Waals surface area contributed by atoms with Gasteiger partial charge in [0.2, 0.25) is 0 Å². The maximum absolute atomic E-state index is 11.4. The molecule has 0 aromatic heterocycles. The lowest BCUT2D eigenvalue weighted by atomic mass is 9.95. The van der Waals surface area contributed by atoms with Gasteiger partial charge in [-0.15, -0.1) is 12.4 Å². The highest BCUT2D eigenvalue weighted by Crippen LogP contribution is 2.18. The SMILES string of the molecule is COC(=O)C(C)CC(N)Cc1ccc2ccccc2c1.Cl. The Morgan fingerprint density at radius 1 is 1.19 bits per heavy atom. The zero-order valence-electron chi connectivity index (χ0n) is 12.4. The van der Waals surface area contributed by atoms with Crippen LogP contribution in [0.3, 0.4) is 0 Å². The van der Waals surface area contributed by atoms with Gasteiger partial charge in [0.15, 0.2) is 0 Å². The lowest BCUT2D eigenvalue weighted by Crippen LogP contribution is -2.28. The number of nitrogens with two attached hydrogens (primary N) is 1. The van der Waals surface area contributed by atoms with Crippen LogP contribution in [0.1, 0.15) is 18.9 Å². The number of fused-ring (bicyclic) bond motifs is 1. The van der Waals surface area contributed by atoms with Crippen LogP contribution >= 0.6 is 12.4 Å². The van der Waals surface area contributed by atoms with Crippen LogP contribution < -0.4 is 5.73 Å². The Hall–Kier alpha value is -1.58. The molecular formula is C17H22ClNO2. The molecule has 3 nitrogen and oxygen atoms in total. The Morgan fingerprint density at radius 2 is 1.86 bits per heavy atom. The Balaban J connectivity index is 0.00000220. The van der Waals surface area contributed by atoms with E-state index in [0.717, 1.165) is 6.42 Å². The van der Waals surface area contributed by atoms with Crippen molar-refractivity contribution < 1.29 is 9.53 Å². The third-order valence-electron chi connectivity index (χ3n) is 3.57. The lowest BCUT2D eigenvalue weighted by molar-refractivity contribution is -0.145. The van der Waals surface area contributed by atoms with Crippen molar-refractivity contribution >= 4 is 29.1 Å². The van der Waals surface area contributed by atoms with Gasteiger partial charge in [-0.2, -0.15) is 0 Å². The van der Waals surface area contributed by atoms with Crippen LogP contribution in [0.4, 0.5) is 0 Å². The molecule has 0 spiro atoms. The second-order valence-corrected chi connectivity index (χ2v) is 5.31. The highest BCUT2D eigenvalue weighted by Gasteiger charge is 2.17. The summed E-state index contributed by atoms with van der Waals surface area (Å²) >= 11 is 0. The minimum absolute atomic E-state index is 0. The number of rotatable bonds is 5. The van der Waals surface area contributed by atoms with Gasteiger partial charge in [0.05, 0.1) is 13.0 Å². The molecule has 2 unspecified atom stereocenters. The summed E-state index contributed by atoms with van der Waals surface area (Å²) in [6.45, 7) is 1.85. The van der Waals surface area contributed by atoms with E-state index in [9.17, 15) is 4.79 Å². The summed E-state index contributed by atoms with van der Waals surface area (Å²) in [5.41, 5.74) is 7.34. The summed E-state index contributed by atoms with van der Waals surface area (Å²) < 4.78 is 4.73. The number of ether oxygens (including phenoxy) is 1. The first-order valence-corrected chi connectivity index (χ1v) is 6.91. The molecule has 4 heteroatoms. The zero-order chi connectivity index (χ0) is 14.5. The van der Waals surface area contributed by atoms with Gasteiger partial charge in [-0.25, -0.2) is 0 Å². The normalized spacial score (nSPS) is 13.3. The molecular weight excluding hydrogens is 286 g/mol. The maximum Gasteiger partial charge on any atom is 0.308 e. The fourth-order valence-corrected chi connectivity index (χ4v) is 2.50. The van der Waals surface area contributed by atoms with E-state index in [1.165, 1.54) is 23.4 Å². The number of hydrogen-bond donors (Lipinski definition) is 1. The van der Waals surface area contributed by atoms with E-state index < -0.39 is 0 Å². The largest absolute Gasteiger partial charge is 0.469 e. The van der Waals surface area contributed by atoms with Crippen molar-refractivity contribution in [2.75, 3.05) is 7.11 Å². The Bertz CT molecular complexity index is 600. The van der Waals surface area contributed by atoms with Gasteiger partial charge in [-0.3, -0.25) is 4.79 Å². The van der Waals surface area contributed by atoms with Crippen LogP contribution in [0.15, 0.2) is 42.5 Å². The monoisotopic (exact) mass is 307 g/mol. The fourth-order valence-electron chi connectivity index (χ4n) is 2.50. The summed E-state index contributed by atoms with van der Waals surface area (Å²) in [5, 5.41) is 2.45. The van der Waals surface area contributed by atoms with Crippen molar-refractivity contribution in [2.24, 2.45) is 11.7 Å². The zero-order valence-corrected chi connectivity index (χ0v) is 13.2. The predicted octanol–water partition coefficient (Wildman–Crippen LogP) is 3.33. The lowest BCUT2D eigenvalue weighted by Gasteiger charge is -2.16. The fraction of sp³-hybridized carbons (Fsp3) is 0.353. The second kappa shape index (κ2) is 8.01. The van der Waals surface area contributed by atoms with Gasteiger partial charge in [0.25, 0.3) is 0 Å². The third kappa shape index (κ3) is 4.73. The molecule has 0 heterocycles. The topological polar surface area (TPSA) is 52.3 Å². The molecule has 0 amide bonds. The van der Waals surface area contributed by atoms with E-state index in [0.29, 0.717) is 6.42 Å². The van der Waals surface area contributed by atoms with E-state index in [1.807, 2.05) is 19.1 Å². The first kappa shape index (κ1) is 17.5. The Morgan fingerprint density at radius 3 is 2.52 bits per heavy atom. The van der Waals surface area contributed by atoms with E-state index in [4.69, 9.17) is 10.5 Å². The van der Waals surface area contributed by atoms with Crippen molar-refractivity contribution in [3.8, 4) is 0 Å². The van der Waals surface area contributed by atoms with Crippen LogP contribution in [-0.4, -0.2) is 19.1 Å². The molecule has 0 aliphatic heterocycles. The Labute approximate surface area is 131 Å². The molecule has 114 valence electrons. The van der Waals surface area contributed by atoms with Crippen molar-refractivity contribution in [1.29, 1.82) is 0 Å². The van der Waals surface area contributed by atoms with Crippen molar-refractivity contribution in [3.63, 3.8) is 0 Å². The minimum atomic E-state index is -0.195. The third-order valence-corrected chi connectivity index (χ3v) is 3.57. The van der Waals surface area contributed by atoms with Crippen LogP contribution in [0.5, 0.6) is 0 Å². The molecule has 0 aliphatic carbocycles. The van der Waals surface area contributed by atoms with E-state index in [1.54, 1.807) is 0 Å². The van der Waals surface area contributed by atoms with Crippen LogP contribution in [0.2, 0.25) is 0 Å². The van der Waals surface area contributed by atoms with Gasteiger partial charge >= 0.3 is 5.97 Å².